The number of carbonyl (C=O) groups excluding carboxylic acids is 1. The Hall–Kier alpha value is -3.11. The van der Waals surface area contributed by atoms with Crippen molar-refractivity contribution in [3.05, 3.63) is 89.5 Å². The molecule has 0 radical (unpaired) electrons. The third kappa shape index (κ3) is 4.55. The summed E-state index contributed by atoms with van der Waals surface area (Å²) in [6, 6.07) is 24.6. The van der Waals surface area contributed by atoms with Crippen LogP contribution in [0.3, 0.4) is 0 Å². The summed E-state index contributed by atoms with van der Waals surface area (Å²) < 4.78 is 5.91. The van der Waals surface area contributed by atoms with E-state index in [1.807, 2.05) is 54.6 Å². The molecule has 0 saturated carbocycles. The van der Waals surface area contributed by atoms with Gasteiger partial charge in [-0.05, 0) is 67.4 Å². The SMILES string of the molecule is Cc1cc(C=O)ccc1N1CCN(C(C)c2ccc(Oc3ccccc3)cc2)CC1. The Morgan fingerprint density at radius 3 is 2.17 bits per heavy atom. The molecule has 0 aromatic heterocycles. The first-order valence-electron chi connectivity index (χ1n) is 10.5. The lowest BCUT2D eigenvalue weighted by Gasteiger charge is -2.39. The highest BCUT2D eigenvalue weighted by Gasteiger charge is 2.23. The predicted molar refractivity (Wildman–Crippen MR) is 122 cm³/mol. The molecule has 1 aliphatic heterocycles. The first-order chi connectivity index (χ1) is 14.6. The van der Waals surface area contributed by atoms with E-state index in [-0.39, 0.29) is 0 Å². The summed E-state index contributed by atoms with van der Waals surface area (Å²) in [6.45, 7) is 8.35. The van der Waals surface area contributed by atoms with E-state index in [9.17, 15) is 4.79 Å². The van der Waals surface area contributed by atoms with Crippen LogP contribution in [0.2, 0.25) is 0 Å². The van der Waals surface area contributed by atoms with Gasteiger partial charge in [-0.15, -0.1) is 0 Å². The Labute approximate surface area is 178 Å². The van der Waals surface area contributed by atoms with Gasteiger partial charge in [-0.1, -0.05) is 30.3 Å². The third-order valence-corrected chi connectivity index (χ3v) is 5.90. The minimum atomic E-state index is 0.358. The second-order valence-corrected chi connectivity index (χ2v) is 7.85. The molecule has 0 spiro atoms. The molecule has 4 nitrogen and oxygen atoms in total. The molecular formula is C26H28N2O2. The van der Waals surface area contributed by atoms with Crippen molar-refractivity contribution in [2.24, 2.45) is 0 Å². The van der Waals surface area contributed by atoms with Gasteiger partial charge in [0.25, 0.3) is 0 Å². The van der Waals surface area contributed by atoms with Crippen molar-refractivity contribution in [3.63, 3.8) is 0 Å². The van der Waals surface area contributed by atoms with Gasteiger partial charge in [-0.2, -0.15) is 0 Å². The van der Waals surface area contributed by atoms with Gasteiger partial charge in [-0.25, -0.2) is 0 Å². The zero-order chi connectivity index (χ0) is 20.9. The normalized spacial score (nSPS) is 15.6. The molecular weight excluding hydrogens is 372 g/mol. The molecule has 1 aliphatic rings. The van der Waals surface area contributed by atoms with Crippen LogP contribution in [0.1, 0.15) is 34.5 Å². The summed E-state index contributed by atoms with van der Waals surface area (Å²) in [5, 5.41) is 0. The van der Waals surface area contributed by atoms with Gasteiger partial charge < -0.3 is 9.64 Å². The van der Waals surface area contributed by atoms with E-state index in [1.54, 1.807) is 0 Å². The van der Waals surface area contributed by atoms with E-state index >= 15 is 0 Å². The molecule has 1 heterocycles. The Kier molecular flexibility index (Phi) is 6.15. The highest BCUT2D eigenvalue weighted by atomic mass is 16.5. The van der Waals surface area contributed by atoms with Crippen molar-refractivity contribution in [2.45, 2.75) is 19.9 Å². The summed E-state index contributed by atoms with van der Waals surface area (Å²) >= 11 is 0. The summed E-state index contributed by atoms with van der Waals surface area (Å²) in [6.07, 6.45) is 0.909. The molecule has 1 atom stereocenters. The maximum Gasteiger partial charge on any atom is 0.150 e. The van der Waals surface area contributed by atoms with Crippen molar-refractivity contribution >= 4 is 12.0 Å². The fourth-order valence-corrected chi connectivity index (χ4v) is 4.11. The van der Waals surface area contributed by atoms with Gasteiger partial charge >= 0.3 is 0 Å². The minimum absolute atomic E-state index is 0.358. The van der Waals surface area contributed by atoms with Crippen LogP contribution >= 0.6 is 0 Å². The molecule has 4 heteroatoms. The number of anilines is 1. The maximum absolute atomic E-state index is 11.0. The molecule has 0 amide bonds. The van der Waals surface area contributed by atoms with Crippen LogP contribution in [-0.2, 0) is 0 Å². The fraction of sp³-hybridized carbons (Fsp3) is 0.269. The van der Waals surface area contributed by atoms with Crippen LogP contribution in [-0.4, -0.2) is 37.4 Å². The highest BCUT2D eigenvalue weighted by Crippen LogP contribution is 2.28. The van der Waals surface area contributed by atoms with Crippen molar-refractivity contribution in [1.29, 1.82) is 0 Å². The number of hydrogen-bond donors (Lipinski definition) is 0. The maximum atomic E-state index is 11.0. The van der Waals surface area contributed by atoms with Crippen molar-refractivity contribution in [2.75, 3.05) is 31.1 Å². The number of aldehydes is 1. The largest absolute Gasteiger partial charge is 0.457 e. The van der Waals surface area contributed by atoms with E-state index in [1.165, 1.54) is 11.3 Å². The number of piperazine rings is 1. The van der Waals surface area contributed by atoms with Gasteiger partial charge in [0, 0.05) is 43.5 Å². The van der Waals surface area contributed by atoms with E-state index in [0.29, 0.717) is 6.04 Å². The van der Waals surface area contributed by atoms with Crippen LogP contribution in [0, 0.1) is 6.92 Å². The number of hydrogen-bond acceptors (Lipinski definition) is 4. The van der Waals surface area contributed by atoms with Gasteiger partial charge in [-0.3, -0.25) is 9.69 Å². The molecule has 0 bridgehead atoms. The monoisotopic (exact) mass is 400 g/mol. The number of nitrogens with zero attached hydrogens (tertiary/aromatic N) is 2. The summed E-state index contributed by atoms with van der Waals surface area (Å²) in [5.74, 6) is 1.71. The van der Waals surface area contributed by atoms with Crippen molar-refractivity contribution in [3.8, 4) is 11.5 Å². The van der Waals surface area contributed by atoms with Crippen LogP contribution < -0.4 is 9.64 Å². The van der Waals surface area contributed by atoms with Crippen LogP contribution in [0.4, 0.5) is 5.69 Å². The molecule has 1 fully saturated rings. The number of benzene rings is 3. The van der Waals surface area contributed by atoms with Crippen molar-refractivity contribution < 1.29 is 9.53 Å². The average Bonchev–Trinajstić information content (AvgIpc) is 2.80. The van der Waals surface area contributed by atoms with Crippen LogP contribution in [0.25, 0.3) is 0 Å². The van der Waals surface area contributed by atoms with Gasteiger partial charge in [0.15, 0.2) is 0 Å². The molecule has 3 aromatic carbocycles. The summed E-state index contributed by atoms with van der Waals surface area (Å²) in [5.41, 5.74) is 4.43. The fourth-order valence-electron chi connectivity index (χ4n) is 4.11. The second-order valence-electron chi connectivity index (χ2n) is 7.85. The smallest absolute Gasteiger partial charge is 0.150 e. The van der Waals surface area contributed by atoms with Gasteiger partial charge in [0.2, 0.25) is 0 Å². The summed E-state index contributed by atoms with van der Waals surface area (Å²) in [7, 11) is 0. The van der Waals surface area contributed by atoms with Crippen molar-refractivity contribution in [1.82, 2.24) is 4.90 Å². The third-order valence-electron chi connectivity index (χ3n) is 5.90. The average molecular weight is 401 g/mol. The quantitative estimate of drug-likeness (QED) is 0.513. The van der Waals surface area contributed by atoms with E-state index < -0.39 is 0 Å². The molecule has 0 aliphatic carbocycles. The van der Waals surface area contributed by atoms with E-state index in [4.69, 9.17) is 4.74 Å². The second kappa shape index (κ2) is 9.14. The molecule has 4 rings (SSSR count). The highest BCUT2D eigenvalue weighted by molar-refractivity contribution is 5.77. The summed E-state index contributed by atoms with van der Waals surface area (Å²) in [4.78, 5) is 15.9. The molecule has 3 aromatic rings. The van der Waals surface area contributed by atoms with Crippen LogP contribution in [0.15, 0.2) is 72.8 Å². The Bertz CT molecular complexity index is 978. The van der Waals surface area contributed by atoms with Gasteiger partial charge in [0.05, 0.1) is 0 Å². The van der Waals surface area contributed by atoms with Crippen LogP contribution in [0.5, 0.6) is 11.5 Å². The number of para-hydroxylation sites is 1. The number of carbonyl (C=O) groups is 1. The molecule has 30 heavy (non-hydrogen) atoms. The number of aryl methyl sites for hydroxylation is 1. The lowest BCUT2D eigenvalue weighted by molar-refractivity contribution is 0.112. The topological polar surface area (TPSA) is 32.8 Å². The lowest BCUT2D eigenvalue weighted by Crippen LogP contribution is -2.47. The Balaban J connectivity index is 1.36. The zero-order valence-corrected chi connectivity index (χ0v) is 17.6. The first-order valence-corrected chi connectivity index (χ1v) is 10.5. The standard InChI is InChI=1S/C26H28N2O2/c1-20-18-22(19-29)8-13-26(20)28-16-14-27(15-17-28)21(2)23-9-11-25(12-10-23)30-24-6-4-3-5-7-24/h3-13,18-19,21H,14-17H2,1-2H3. The predicted octanol–water partition coefficient (Wildman–Crippen LogP) is 5.48. The first kappa shape index (κ1) is 20.2. The molecule has 0 N–H and O–H groups in total. The molecule has 154 valence electrons. The molecule has 1 saturated heterocycles. The number of ether oxygens (including phenoxy) is 1. The Morgan fingerprint density at radius 2 is 1.53 bits per heavy atom. The van der Waals surface area contributed by atoms with E-state index in [0.717, 1.165) is 55.1 Å². The molecule has 1 unspecified atom stereocenters. The lowest BCUT2D eigenvalue weighted by atomic mass is 10.0. The zero-order valence-electron chi connectivity index (χ0n) is 17.6. The minimum Gasteiger partial charge on any atom is -0.457 e. The number of rotatable bonds is 6. The Morgan fingerprint density at radius 1 is 0.867 bits per heavy atom. The van der Waals surface area contributed by atoms with Gasteiger partial charge in [0.1, 0.15) is 17.8 Å². The van der Waals surface area contributed by atoms with E-state index in [2.05, 4.69) is 41.8 Å².